The Hall–Kier alpha value is -0.830. The van der Waals surface area contributed by atoms with Gasteiger partial charge < -0.3 is 4.90 Å². The summed E-state index contributed by atoms with van der Waals surface area (Å²) in [5.41, 5.74) is 1.01. The molecular weight excluding hydrogens is 176 g/mol. The van der Waals surface area contributed by atoms with Gasteiger partial charge in [-0.2, -0.15) is 0 Å². The largest absolute Gasteiger partial charge is 0.345 e. The van der Waals surface area contributed by atoms with E-state index in [4.69, 9.17) is 0 Å². The summed E-state index contributed by atoms with van der Waals surface area (Å²) in [4.78, 5) is 15.9. The molecular formula is C11H18N2O. The van der Waals surface area contributed by atoms with Crippen LogP contribution >= 0.6 is 0 Å². The lowest BCUT2D eigenvalue weighted by Gasteiger charge is -2.31. The molecule has 2 aliphatic heterocycles. The molecule has 0 aromatic rings. The van der Waals surface area contributed by atoms with E-state index in [0.717, 1.165) is 18.4 Å². The average molecular weight is 194 g/mol. The van der Waals surface area contributed by atoms with Crippen molar-refractivity contribution in [3.63, 3.8) is 0 Å². The molecule has 0 radical (unpaired) electrons. The highest BCUT2D eigenvalue weighted by Crippen LogP contribution is 2.34. The summed E-state index contributed by atoms with van der Waals surface area (Å²) in [6.45, 7) is 0. The SMILES string of the molecule is CN(C)C(=O)C1=CCC2CCC1N2C. The normalized spacial score (nSPS) is 31.5. The van der Waals surface area contributed by atoms with Crippen LogP contribution in [0.4, 0.5) is 0 Å². The Kier molecular flexibility index (Phi) is 2.35. The van der Waals surface area contributed by atoms with Gasteiger partial charge in [0.25, 0.3) is 5.91 Å². The van der Waals surface area contributed by atoms with Crippen LogP contribution in [0.3, 0.4) is 0 Å². The summed E-state index contributed by atoms with van der Waals surface area (Å²) in [6, 6.07) is 1.06. The summed E-state index contributed by atoms with van der Waals surface area (Å²) in [7, 11) is 5.78. The van der Waals surface area contributed by atoms with Gasteiger partial charge in [0.2, 0.25) is 0 Å². The van der Waals surface area contributed by atoms with Crippen molar-refractivity contribution in [3.8, 4) is 0 Å². The highest BCUT2D eigenvalue weighted by molar-refractivity contribution is 5.94. The summed E-state index contributed by atoms with van der Waals surface area (Å²) in [5, 5.41) is 0. The summed E-state index contributed by atoms with van der Waals surface area (Å²) >= 11 is 0. The minimum absolute atomic E-state index is 0.183. The minimum atomic E-state index is 0.183. The first kappa shape index (κ1) is 9.71. The Morgan fingerprint density at radius 3 is 2.86 bits per heavy atom. The van der Waals surface area contributed by atoms with E-state index in [1.54, 1.807) is 4.90 Å². The van der Waals surface area contributed by atoms with Crippen LogP contribution in [0.25, 0.3) is 0 Å². The Labute approximate surface area is 85.4 Å². The van der Waals surface area contributed by atoms with Crippen molar-refractivity contribution in [1.82, 2.24) is 9.80 Å². The molecule has 0 N–H and O–H groups in total. The third-order valence-corrected chi connectivity index (χ3v) is 3.46. The zero-order chi connectivity index (χ0) is 10.3. The number of carbonyl (C=O) groups excluding carboxylic acids is 1. The predicted octanol–water partition coefficient (Wildman–Crippen LogP) is 0.867. The number of fused-ring (bicyclic) bond motifs is 2. The second-order valence-electron chi connectivity index (χ2n) is 4.51. The first-order valence-corrected chi connectivity index (χ1v) is 5.25. The molecule has 78 valence electrons. The van der Waals surface area contributed by atoms with Gasteiger partial charge in [-0.15, -0.1) is 0 Å². The first-order chi connectivity index (χ1) is 6.61. The van der Waals surface area contributed by atoms with Gasteiger partial charge in [-0.1, -0.05) is 6.08 Å². The predicted molar refractivity (Wildman–Crippen MR) is 56.0 cm³/mol. The second-order valence-corrected chi connectivity index (χ2v) is 4.51. The van der Waals surface area contributed by atoms with E-state index in [1.807, 2.05) is 14.1 Å². The number of hydrogen-bond acceptors (Lipinski definition) is 2. The van der Waals surface area contributed by atoms with Gasteiger partial charge in [0.05, 0.1) is 0 Å². The van der Waals surface area contributed by atoms with Crippen molar-refractivity contribution >= 4 is 5.91 Å². The van der Waals surface area contributed by atoms with E-state index in [1.165, 1.54) is 6.42 Å². The molecule has 0 aromatic carbocycles. The summed E-state index contributed by atoms with van der Waals surface area (Å²) < 4.78 is 0. The van der Waals surface area contributed by atoms with Crippen LogP contribution in [0.1, 0.15) is 19.3 Å². The third kappa shape index (κ3) is 1.36. The van der Waals surface area contributed by atoms with Crippen molar-refractivity contribution in [2.24, 2.45) is 0 Å². The maximum atomic E-state index is 11.9. The summed E-state index contributed by atoms with van der Waals surface area (Å²) in [6.07, 6.45) is 5.57. The number of nitrogens with zero attached hydrogens (tertiary/aromatic N) is 2. The Bertz CT molecular complexity index is 283. The fourth-order valence-electron chi connectivity index (χ4n) is 2.56. The van der Waals surface area contributed by atoms with Crippen molar-refractivity contribution in [1.29, 1.82) is 0 Å². The van der Waals surface area contributed by atoms with E-state index in [0.29, 0.717) is 12.1 Å². The van der Waals surface area contributed by atoms with Gasteiger partial charge in [-0.3, -0.25) is 9.69 Å². The maximum Gasteiger partial charge on any atom is 0.250 e. The van der Waals surface area contributed by atoms with Crippen LogP contribution in [-0.2, 0) is 4.79 Å². The van der Waals surface area contributed by atoms with Crippen molar-refractivity contribution < 1.29 is 4.79 Å². The monoisotopic (exact) mass is 194 g/mol. The molecule has 0 saturated carbocycles. The molecule has 0 spiro atoms. The standard InChI is InChI=1S/C11H18N2O/c1-12(2)11(14)9-6-4-8-5-7-10(9)13(8)3/h6,8,10H,4-5,7H2,1-3H3. The van der Waals surface area contributed by atoms with Crippen molar-refractivity contribution in [2.75, 3.05) is 21.1 Å². The van der Waals surface area contributed by atoms with Crippen LogP contribution < -0.4 is 0 Å². The molecule has 2 rings (SSSR count). The molecule has 1 saturated heterocycles. The molecule has 1 amide bonds. The fourth-order valence-corrected chi connectivity index (χ4v) is 2.56. The molecule has 3 heteroatoms. The molecule has 0 aliphatic carbocycles. The molecule has 2 unspecified atom stereocenters. The van der Waals surface area contributed by atoms with Crippen LogP contribution in [-0.4, -0.2) is 48.9 Å². The van der Waals surface area contributed by atoms with Gasteiger partial charge in [0.15, 0.2) is 0 Å². The van der Waals surface area contributed by atoms with Crippen molar-refractivity contribution in [3.05, 3.63) is 11.6 Å². The Morgan fingerprint density at radius 1 is 1.50 bits per heavy atom. The molecule has 3 nitrogen and oxygen atoms in total. The molecule has 0 aromatic heterocycles. The molecule has 14 heavy (non-hydrogen) atoms. The molecule has 2 aliphatic rings. The molecule has 2 bridgehead atoms. The van der Waals surface area contributed by atoms with Crippen LogP contribution in [0, 0.1) is 0 Å². The van der Waals surface area contributed by atoms with Gasteiger partial charge in [-0.05, 0) is 26.3 Å². The minimum Gasteiger partial charge on any atom is -0.345 e. The lowest BCUT2D eigenvalue weighted by atomic mass is 10.0. The number of carbonyl (C=O) groups is 1. The van der Waals surface area contributed by atoms with E-state index >= 15 is 0 Å². The lowest BCUT2D eigenvalue weighted by Crippen LogP contribution is -2.41. The zero-order valence-corrected chi connectivity index (χ0v) is 9.16. The second kappa shape index (κ2) is 3.39. The fraction of sp³-hybridized carbons (Fsp3) is 0.727. The molecule has 2 heterocycles. The number of hydrogen-bond donors (Lipinski definition) is 0. The van der Waals surface area contributed by atoms with Crippen LogP contribution in [0.2, 0.25) is 0 Å². The third-order valence-electron chi connectivity index (χ3n) is 3.46. The molecule has 1 fully saturated rings. The topological polar surface area (TPSA) is 23.6 Å². The number of rotatable bonds is 1. The van der Waals surface area contributed by atoms with E-state index in [2.05, 4.69) is 18.0 Å². The highest BCUT2D eigenvalue weighted by atomic mass is 16.2. The maximum absolute atomic E-state index is 11.9. The van der Waals surface area contributed by atoms with Gasteiger partial charge in [0, 0.05) is 31.8 Å². The smallest absolute Gasteiger partial charge is 0.250 e. The Balaban J connectivity index is 2.21. The van der Waals surface area contributed by atoms with Gasteiger partial charge in [-0.25, -0.2) is 0 Å². The first-order valence-electron chi connectivity index (χ1n) is 5.25. The van der Waals surface area contributed by atoms with Crippen LogP contribution in [0.15, 0.2) is 11.6 Å². The van der Waals surface area contributed by atoms with E-state index in [9.17, 15) is 4.79 Å². The molecule has 2 atom stereocenters. The Morgan fingerprint density at radius 2 is 2.21 bits per heavy atom. The number of amides is 1. The lowest BCUT2D eigenvalue weighted by molar-refractivity contribution is -0.125. The van der Waals surface area contributed by atoms with Crippen molar-refractivity contribution in [2.45, 2.75) is 31.3 Å². The zero-order valence-electron chi connectivity index (χ0n) is 9.16. The summed E-state index contributed by atoms with van der Waals surface area (Å²) in [5.74, 6) is 0.183. The van der Waals surface area contributed by atoms with Crippen LogP contribution in [0.5, 0.6) is 0 Å². The quantitative estimate of drug-likeness (QED) is 0.618. The van der Waals surface area contributed by atoms with Gasteiger partial charge >= 0.3 is 0 Å². The van der Waals surface area contributed by atoms with Gasteiger partial charge in [0.1, 0.15) is 0 Å². The van der Waals surface area contributed by atoms with E-state index < -0.39 is 0 Å². The highest BCUT2D eigenvalue weighted by Gasteiger charge is 2.38. The van der Waals surface area contributed by atoms with E-state index in [-0.39, 0.29) is 5.91 Å². The number of likely N-dealkylation sites (N-methyl/N-ethyl adjacent to an activating group) is 2. The average Bonchev–Trinajstić information content (AvgIpc) is 2.38.